The van der Waals surface area contributed by atoms with Gasteiger partial charge in [0.15, 0.2) is 0 Å². The largest absolute Gasteiger partial charge is 0.464 e. The summed E-state index contributed by atoms with van der Waals surface area (Å²) in [6.07, 6.45) is 3.77. The summed E-state index contributed by atoms with van der Waals surface area (Å²) < 4.78 is 4.83. The molecule has 116 valence electrons. The molecule has 1 aromatic heterocycles. The number of carbonyl (C=O) groups excluding carboxylic acids is 2. The molecule has 3 heterocycles. The van der Waals surface area contributed by atoms with Gasteiger partial charge in [0.2, 0.25) is 5.91 Å². The van der Waals surface area contributed by atoms with Gasteiger partial charge in [-0.2, -0.15) is 0 Å². The summed E-state index contributed by atoms with van der Waals surface area (Å²) in [4.78, 5) is 30.7. The molecular weight excluding hydrogens is 322 g/mol. The maximum absolute atomic E-state index is 12.1. The molecule has 2 aliphatic rings. The van der Waals surface area contributed by atoms with Gasteiger partial charge in [0.1, 0.15) is 17.1 Å². The second kappa shape index (κ2) is 5.86. The zero-order valence-corrected chi connectivity index (χ0v) is 13.7. The number of fused-ring (bicyclic) bond motifs is 1. The summed E-state index contributed by atoms with van der Waals surface area (Å²) in [6, 6.07) is -0.543. The van der Waals surface area contributed by atoms with Crippen LogP contribution in [0.5, 0.6) is 0 Å². The number of carbonyl (C=O) groups is 2. The van der Waals surface area contributed by atoms with E-state index in [4.69, 9.17) is 10.5 Å². The lowest BCUT2D eigenvalue weighted by atomic mass is 10.0. The van der Waals surface area contributed by atoms with E-state index in [1.807, 2.05) is 19.1 Å². The molecule has 0 radical (unpaired) electrons. The number of β-lactam (4-membered cyclic amide) rings is 1. The van der Waals surface area contributed by atoms with Crippen LogP contribution in [0.2, 0.25) is 0 Å². The van der Waals surface area contributed by atoms with E-state index in [0.717, 1.165) is 16.1 Å². The van der Waals surface area contributed by atoms with Crippen LogP contribution in [0.4, 0.5) is 0 Å². The van der Waals surface area contributed by atoms with E-state index in [9.17, 15) is 9.59 Å². The molecule has 6 nitrogen and oxygen atoms in total. The van der Waals surface area contributed by atoms with Gasteiger partial charge in [0, 0.05) is 10.6 Å². The van der Waals surface area contributed by atoms with E-state index in [1.54, 1.807) is 17.3 Å². The third-order valence-corrected chi connectivity index (χ3v) is 5.86. The van der Waals surface area contributed by atoms with Crippen LogP contribution in [0.3, 0.4) is 0 Å². The number of esters is 1. The number of amides is 1. The highest BCUT2D eigenvalue weighted by Gasteiger charge is 2.51. The van der Waals surface area contributed by atoms with Crippen molar-refractivity contribution in [3.8, 4) is 0 Å². The van der Waals surface area contributed by atoms with Crippen molar-refractivity contribution >= 4 is 41.1 Å². The van der Waals surface area contributed by atoms with Gasteiger partial charge in [0.05, 0.1) is 18.3 Å². The minimum absolute atomic E-state index is 0.177. The lowest BCUT2D eigenvalue weighted by molar-refractivity contribution is -0.149. The van der Waals surface area contributed by atoms with Crippen LogP contribution in [0.1, 0.15) is 10.6 Å². The molecule has 3 rings (SSSR count). The molecule has 0 aliphatic carbocycles. The Balaban J connectivity index is 1.96. The highest BCUT2D eigenvalue weighted by Crippen LogP contribution is 2.40. The first-order chi connectivity index (χ1) is 10.5. The molecular formula is C14H15N3O3S2. The third kappa shape index (κ3) is 2.37. The quantitative estimate of drug-likeness (QED) is 0.657. The first-order valence-corrected chi connectivity index (χ1v) is 8.57. The van der Waals surface area contributed by atoms with Gasteiger partial charge in [0.25, 0.3) is 0 Å². The number of ether oxygens (including phenoxy) is 1. The van der Waals surface area contributed by atoms with Gasteiger partial charge in [-0.15, -0.1) is 23.1 Å². The Bertz CT molecular complexity index is 695. The number of thioether (sulfide) groups is 1. The number of hydrogen-bond donors (Lipinski definition) is 1. The molecule has 1 fully saturated rings. The van der Waals surface area contributed by atoms with Gasteiger partial charge in [-0.3, -0.25) is 9.69 Å². The van der Waals surface area contributed by atoms with Crippen molar-refractivity contribution in [3.63, 3.8) is 0 Å². The summed E-state index contributed by atoms with van der Waals surface area (Å²) in [5.41, 5.74) is 9.56. The van der Waals surface area contributed by atoms with Crippen LogP contribution < -0.4 is 5.73 Å². The third-order valence-electron chi connectivity index (χ3n) is 3.64. The second-order valence-corrected chi connectivity index (χ2v) is 6.93. The Morgan fingerprint density at radius 1 is 1.55 bits per heavy atom. The number of aryl methyl sites for hydroxylation is 1. The number of nitrogens with zero attached hydrogens (tertiary/aromatic N) is 2. The fourth-order valence-corrected chi connectivity index (χ4v) is 4.36. The van der Waals surface area contributed by atoms with Crippen LogP contribution in [-0.4, -0.2) is 46.0 Å². The molecule has 0 spiro atoms. The maximum atomic E-state index is 12.1. The SMILES string of the molecule is COC(=O)C1=C(/C=C\c2scnc2C)CS[C@H]2C(N)C(=O)N12. The second-order valence-electron chi connectivity index (χ2n) is 4.94. The highest BCUT2D eigenvalue weighted by molar-refractivity contribution is 8.00. The minimum Gasteiger partial charge on any atom is -0.464 e. The molecule has 1 aromatic rings. The molecule has 0 saturated carbocycles. The van der Waals surface area contributed by atoms with Crippen molar-refractivity contribution < 1.29 is 14.3 Å². The van der Waals surface area contributed by atoms with Crippen molar-refractivity contribution in [1.29, 1.82) is 0 Å². The summed E-state index contributed by atoms with van der Waals surface area (Å²) in [5.74, 6) is -0.135. The number of rotatable bonds is 3. The Morgan fingerprint density at radius 3 is 2.95 bits per heavy atom. The van der Waals surface area contributed by atoms with Crippen molar-refractivity contribution in [3.05, 3.63) is 33.4 Å². The van der Waals surface area contributed by atoms with E-state index in [0.29, 0.717) is 11.4 Å². The van der Waals surface area contributed by atoms with Crippen molar-refractivity contribution in [2.75, 3.05) is 12.9 Å². The van der Waals surface area contributed by atoms with Crippen molar-refractivity contribution in [2.24, 2.45) is 5.73 Å². The van der Waals surface area contributed by atoms with E-state index < -0.39 is 12.0 Å². The van der Waals surface area contributed by atoms with Crippen LogP contribution in [0, 0.1) is 6.92 Å². The molecule has 1 saturated heterocycles. The zero-order valence-electron chi connectivity index (χ0n) is 12.1. The molecule has 1 amide bonds. The van der Waals surface area contributed by atoms with Gasteiger partial charge < -0.3 is 10.5 Å². The van der Waals surface area contributed by atoms with E-state index in [2.05, 4.69) is 4.98 Å². The average Bonchev–Trinajstić information content (AvgIpc) is 2.95. The standard InChI is InChI=1S/C14H15N3O3S2/c1-7-9(22-6-16-7)4-3-8-5-21-13-10(15)12(18)17(13)11(8)14(19)20-2/h3-4,6,10,13H,5,15H2,1-2H3/b4-3-/t10?,13-/m0/s1. The lowest BCUT2D eigenvalue weighted by Crippen LogP contribution is -2.68. The van der Waals surface area contributed by atoms with E-state index >= 15 is 0 Å². The molecule has 0 aromatic carbocycles. The lowest BCUT2D eigenvalue weighted by Gasteiger charge is -2.47. The molecule has 2 atom stereocenters. The maximum Gasteiger partial charge on any atom is 0.355 e. The monoisotopic (exact) mass is 337 g/mol. The normalized spacial score (nSPS) is 24.5. The molecule has 22 heavy (non-hydrogen) atoms. The Kier molecular flexibility index (Phi) is 4.07. The van der Waals surface area contributed by atoms with E-state index in [1.165, 1.54) is 23.3 Å². The van der Waals surface area contributed by atoms with E-state index in [-0.39, 0.29) is 11.3 Å². The summed E-state index contributed by atoms with van der Waals surface area (Å²) >= 11 is 3.08. The van der Waals surface area contributed by atoms with Gasteiger partial charge >= 0.3 is 5.97 Å². The van der Waals surface area contributed by atoms with Crippen LogP contribution in [0.15, 0.2) is 22.9 Å². The molecule has 0 bridgehead atoms. The fourth-order valence-electron chi connectivity index (χ4n) is 2.40. The molecule has 8 heteroatoms. The van der Waals surface area contributed by atoms with Crippen molar-refractivity contribution in [1.82, 2.24) is 9.88 Å². The fraction of sp³-hybridized carbons (Fsp3) is 0.357. The first-order valence-electron chi connectivity index (χ1n) is 6.64. The van der Waals surface area contributed by atoms with Gasteiger partial charge in [-0.1, -0.05) is 6.08 Å². The number of methoxy groups -OCH3 is 1. The molecule has 1 unspecified atom stereocenters. The topological polar surface area (TPSA) is 85.5 Å². The molecule has 2 N–H and O–H groups in total. The van der Waals surface area contributed by atoms with Gasteiger partial charge in [-0.05, 0) is 18.6 Å². The summed E-state index contributed by atoms with van der Waals surface area (Å²) in [7, 11) is 1.31. The Morgan fingerprint density at radius 2 is 2.32 bits per heavy atom. The smallest absolute Gasteiger partial charge is 0.355 e. The zero-order chi connectivity index (χ0) is 15.9. The highest BCUT2D eigenvalue weighted by atomic mass is 32.2. The predicted molar refractivity (Wildman–Crippen MR) is 86.0 cm³/mol. The Hall–Kier alpha value is -1.64. The first kappa shape index (κ1) is 15.3. The minimum atomic E-state index is -0.543. The van der Waals surface area contributed by atoms with Crippen LogP contribution in [0.25, 0.3) is 6.08 Å². The number of hydrogen-bond acceptors (Lipinski definition) is 7. The van der Waals surface area contributed by atoms with Crippen molar-refractivity contribution in [2.45, 2.75) is 18.3 Å². The summed E-state index contributed by atoms with van der Waals surface area (Å²) in [5, 5.41) is -0.177. The predicted octanol–water partition coefficient (Wildman–Crippen LogP) is 1.13. The average molecular weight is 337 g/mol. The summed E-state index contributed by atoms with van der Waals surface area (Å²) in [6.45, 7) is 1.93. The number of aromatic nitrogens is 1. The Labute approximate surface area is 136 Å². The molecule has 2 aliphatic heterocycles. The van der Waals surface area contributed by atoms with Crippen LogP contribution in [-0.2, 0) is 14.3 Å². The van der Waals surface area contributed by atoms with Gasteiger partial charge in [-0.25, -0.2) is 9.78 Å². The number of nitrogens with two attached hydrogens (primary N) is 1. The number of thiazole rings is 1. The van der Waals surface area contributed by atoms with Crippen LogP contribution >= 0.6 is 23.1 Å². The number of allylic oxidation sites excluding steroid dienone is 1.